The molecule has 23 heteroatoms. The molecule has 8 rings (SSSR count). The molecule has 7 aromatic rings. The number of sulfonamides is 1. The van der Waals surface area contributed by atoms with Gasteiger partial charge in [-0.3, -0.25) is 24.8 Å². The van der Waals surface area contributed by atoms with Crippen LogP contribution in [0, 0.1) is 0 Å². The monoisotopic (exact) mass is 1180 g/mol. The van der Waals surface area contributed by atoms with Crippen LogP contribution in [0.1, 0.15) is 33.2 Å². The molecule has 0 atom stereocenters. The number of thiophene rings is 1. The Balaban J connectivity index is 0.566. The number of nitrogen functional groups attached to an aromatic ring is 1. The number of aromatic nitrogens is 1. The lowest BCUT2D eigenvalue weighted by Gasteiger charge is -2.36. The van der Waals surface area contributed by atoms with Crippen molar-refractivity contribution >= 4 is 65.4 Å². The van der Waals surface area contributed by atoms with Gasteiger partial charge in [-0.2, -0.15) is 0 Å². The van der Waals surface area contributed by atoms with Crippen molar-refractivity contribution in [2.24, 2.45) is 0 Å². The number of ether oxygens (including phenoxy) is 8. The maximum absolute atomic E-state index is 13.9. The number of rotatable bonds is 37. The van der Waals surface area contributed by atoms with E-state index in [4.69, 9.17) is 43.6 Å². The van der Waals surface area contributed by atoms with E-state index in [1.54, 1.807) is 97.2 Å². The predicted molar refractivity (Wildman–Crippen MR) is 319 cm³/mol. The maximum atomic E-state index is 13.9. The number of hydrogen-bond acceptors (Lipinski definition) is 19. The first-order chi connectivity index (χ1) is 40.5. The smallest absolute Gasteiger partial charge is 0.266 e. The first-order valence-corrected chi connectivity index (χ1v) is 30.1. The third-order valence-corrected chi connectivity index (χ3v) is 16.2. The molecule has 0 bridgehead atoms. The number of phenols is 2. The van der Waals surface area contributed by atoms with Crippen LogP contribution in [0.3, 0.4) is 0 Å². The fourth-order valence-electron chi connectivity index (χ4n) is 9.20. The second-order valence-corrected chi connectivity index (χ2v) is 22.0. The van der Waals surface area contributed by atoms with Crippen molar-refractivity contribution in [2.45, 2.75) is 11.8 Å². The summed E-state index contributed by atoms with van der Waals surface area (Å²) in [6, 6.07) is 30.4. The summed E-state index contributed by atoms with van der Waals surface area (Å²) in [5.41, 5.74) is 12.7. The van der Waals surface area contributed by atoms with Crippen LogP contribution in [0.25, 0.3) is 31.4 Å². The van der Waals surface area contributed by atoms with Gasteiger partial charge in [-0.25, -0.2) is 8.42 Å². The lowest BCUT2D eigenvalue weighted by atomic mass is 9.97. The number of hydrazine groups is 1. The number of H-pyrrole nitrogens is 1. The number of fused-ring (bicyclic) bond motifs is 2. The second kappa shape index (κ2) is 32.4. The van der Waals surface area contributed by atoms with Crippen molar-refractivity contribution in [3.05, 3.63) is 132 Å². The van der Waals surface area contributed by atoms with Crippen LogP contribution in [0.5, 0.6) is 17.2 Å². The zero-order valence-corrected chi connectivity index (χ0v) is 48.4. The van der Waals surface area contributed by atoms with Gasteiger partial charge in [0.15, 0.2) is 5.78 Å². The van der Waals surface area contributed by atoms with E-state index >= 15 is 0 Å². The molecule has 1 fully saturated rings. The van der Waals surface area contributed by atoms with E-state index in [-0.39, 0.29) is 22.2 Å². The Morgan fingerprint density at radius 1 is 0.663 bits per heavy atom. The average Bonchev–Trinajstić information content (AvgIpc) is 4.28. The van der Waals surface area contributed by atoms with Gasteiger partial charge in [0.25, 0.3) is 15.9 Å². The normalized spacial score (nSPS) is 13.2. The third-order valence-electron chi connectivity index (χ3n) is 13.8. The third kappa shape index (κ3) is 18.6. The maximum Gasteiger partial charge on any atom is 0.266 e. The van der Waals surface area contributed by atoms with Crippen LogP contribution in [-0.4, -0.2) is 197 Å². The average molecular weight is 1180 g/mol. The number of nitrogens with two attached hydrogens (primary N) is 1. The fraction of sp³-hybridized carbons (Fsp3) is 0.400. The summed E-state index contributed by atoms with van der Waals surface area (Å²) in [5.74, 6) is 0.234. The van der Waals surface area contributed by atoms with E-state index in [1.807, 2.05) is 6.07 Å². The highest BCUT2D eigenvalue weighted by Crippen LogP contribution is 2.41. The Bertz CT molecular complexity index is 3240. The highest BCUT2D eigenvalue weighted by molar-refractivity contribution is 7.89. The molecule has 0 unspecified atom stereocenters. The summed E-state index contributed by atoms with van der Waals surface area (Å²) >= 11 is 1.43. The molecule has 1 amide bonds. The van der Waals surface area contributed by atoms with Crippen molar-refractivity contribution in [3.63, 3.8) is 0 Å². The molecule has 21 nitrogen and oxygen atoms in total. The van der Waals surface area contributed by atoms with Crippen molar-refractivity contribution < 1.29 is 66.1 Å². The zero-order valence-electron chi connectivity index (χ0n) is 46.8. The Labute approximate surface area is 488 Å². The molecular weight excluding hydrogens is 1110 g/mol. The molecule has 3 heterocycles. The Kier molecular flexibility index (Phi) is 24.3. The number of ketones is 1. The van der Waals surface area contributed by atoms with Crippen LogP contribution in [-0.2, 0) is 43.2 Å². The minimum Gasteiger partial charge on any atom is -0.508 e. The van der Waals surface area contributed by atoms with Crippen LogP contribution >= 0.6 is 11.3 Å². The minimum atomic E-state index is -4.08. The van der Waals surface area contributed by atoms with Crippen LogP contribution < -0.4 is 25.6 Å². The number of likely N-dealkylation sites (N-methyl/N-ethyl adjacent to an activating group) is 1. The number of amides is 1. The number of carbonyl (C=O) groups is 2. The highest BCUT2D eigenvalue weighted by atomic mass is 32.2. The predicted octanol–water partition coefficient (Wildman–Crippen LogP) is 6.54. The lowest BCUT2D eigenvalue weighted by Crippen LogP contribution is -2.47. The SMILES string of the molecule is CCN(CCOCCOCCOCCOCCOCCOCCOCCN1CCN(c2cc(S(=O)(=O)NNC(=O)c3cccc4[nH]ccc34)ccc2N)CC1)CCOc1ccc(C(=O)c2c(-c3ccc(O)cc3)sc3cc(O)ccc23)cc1. The Morgan fingerprint density at radius 2 is 1.27 bits per heavy atom. The standard InChI is InChI=1S/C60H75N7O14S2/c1-2-65(26-29-81-48-13-8-44(9-14-48)58(70)57-52-16-12-47(69)42-56(52)82-59(57)45-6-10-46(68)11-7-45)24-27-74-30-32-76-34-36-78-38-40-80-41-39-79-37-35-77-33-31-75-28-25-66-20-22-67(23-21-66)55-43-49(15-17-53(55)61)83(72,73)64-63-60(71)51-4-3-5-54-50(51)18-19-62-54/h3-19,42-43,62,64,68-69H,2,20-41,61H2,1H3,(H,63,71). The molecular formula is C60H75N7O14S2. The molecule has 2 aromatic heterocycles. The van der Waals surface area contributed by atoms with Crippen LogP contribution in [0.4, 0.5) is 11.4 Å². The van der Waals surface area contributed by atoms with Crippen molar-refractivity contribution in [2.75, 3.05) is 162 Å². The quantitative estimate of drug-likeness (QED) is 0.0105. The van der Waals surface area contributed by atoms with Gasteiger partial charge in [-0.05, 0) is 115 Å². The second-order valence-electron chi connectivity index (χ2n) is 19.3. The summed E-state index contributed by atoms with van der Waals surface area (Å²) in [6.07, 6.45) is 1.72. The lowest BCUT2D eigenvalue weighted by molar-refractivity contribution is -0.0215. The molecule has 5 aromatic carbocycles. The summed E-state index contributed by atoms with van der Waals surface area (Å²) in [6.45, 7) is 15.1. The number of hydrogen-bond donors (Lipinski definition) is 6. The van der Waals surface area contributed by atoms with Gasteiger partial charge < -0.3 is 63.7 Å². The van der Waals surface area contributed by atoms with Crippen LogP contribution in [0.2, 0.25) is 0 Å². The van der Waals surface area contributed by atoms with E-state index in [1.165, 1.54) is 23.5 Å². The van der Waals surface area contributed by atoms with Gasteiger partial charge in [0.2, 0.25) is 0 Å². The van der Waals surface area contributed by atoms with Gasteiger partial charge in [0, 0.05) is 89.0 Å². The van der Waals surface area contributed by atoms with Crippen LogP contribution in [0.15, 0.2) is 120 Å². The van der Waals surface area contributed by atoms with Crippen molar-refractivity contribution in [3.8, 4) is 27.7 Å². The van der Waals surface area contributed by atoms with E-state index in [0.29, 0.717) is 158 Å². The van der Waals surface area contributed by atoms with Gasteiger partial charge in [-0.15, -0.1) is 16.2 Å². The Morgan fingerprint density at radius 3 is 1.90 bits per heavy atom. The number of carbonyl (C=O) groups excluding carboxylic acids is 2. The van der Waals surface area contributed by atoms with E-state index in [2.05, 4.69) is 36.9 Å². The minimum absolute atomic E-state index is 0.0116. The number of nitrogens with zero attached hydrogens (tertiary/aromatic N) is 3. The van der Waals surface area contributed by atoms with E-state index < -0.39 is 15.9 Å². The summed E-state index contributed by atoms with van der Waals surface area (Å²) < 4.78 is 72.9. The van der Waals surface area contributed by atoms with Gasteiger partial charge in [0.1, 0.15) is 23.9 Å². The summed E-state index contributed by atoms with van der Waals surface area (Å²) in [5, 5.41) is 21.4. The number of benzene rings is 5. The van der Waals surface area contributed by atoms with E-state index in [0.717, 1.165) is 58.8 Å². The van der Waals surface area contributed by atoms with Gasteiger partial charge in [0.05, 0.1) is 114 Å². The fourth-order valence-corrected chi connectivity index (χ4v) is 11.3. The van der Waals surface area contributed by atoms with Crippen molar-refractivity contribution in [1.29, 1.82) is 0 Å². The number of piperazine rings is 1. The zero-order chi connectivity index (χ0) is 58.2. The molecule has 7 N–H and O–H groups in total. The first-order valence-electron chi connectivity index (χ1n) is 27.8. The number of aromatic hydroxyl groups is 2. The molecule has 0 spiro atoms. The largest absolute Gasteiger partial charge is 0.508 e. The van der Waals surface area contributed by atoms with E-state index in [9.17, 15) is 28.2 Å². The van der Waals surface area contributed by atoms with Gasteiger partial charge in [-0.1, -0.05) is 13.0 Å². The first kappa shape index (κ1) is 62.3. The number of phenolic OH excluding ortho intramolecular Hbond substituents is 2. The summed E-state index contributed by atoms with van der Waals surface area (Å²) in [4.78, 5) is 39.4. The van der Waals surface area contributed by atoms with Gasteiger partial charge >= 0.3 is 0 Å². The highest BCUT2D eigenvalue weighted by Gasteiger charge is 2.25. The number of nitrogens with one attached hydrogen (secondary N) is 3. The molecule has 0 aliphatic carbocycles. The molecule has 0 radical (unpaired) electrons. The Hall–Kier alpha value is -6.71. The molecule has 1 aliphatic rings. The molecule has 1 saturated heterocycles. The molecule has 83 heavy (non-hydrogen) atoms. The topological polar surface area (TPSA) is 258 Å². The molecule has 1 aliphatic heterocycles. The van der Waals surface area contributed by atoms with Crippen molar-refractivity contribution in [1.82, 2.24) is 25.0 Å². The number of aromatic amines is 1. The molecule has 0 saturated carbocycles. The number of anilines is 2. The molecule has 446 valence electrons. The summed E-state index contributed by atoms with van der Waals surface area (Å²) in [7, 11) is -4.08.